The van der Waals surface area contributed by atoms with E-state index < -0.39 is 0 Å². The lowest BCUT2D eigenvalue weighted by Crippen LogP contribution is -2.09. The van der Waals surface area contributed by atoms with Crippen LogP contribution in [0, 0.1) is 0 Å². The van der Waals surface area contributed by atoms with Crippen molar-refractivity contribution in [1.29, 1.82) is 0 Å². The number of fused-ring (bicyclic) bond motifs is 7. The van der Waals surface area contributed by atoms with E-state index in [0.717, 1.165) is 11.8 Å². The average molecular weight is 234 g/mol. The van der Waals surface area contributed by atoms with Crippen LogP contribution in [0.1, 0.15) is 46.9 Å². The van der Waals surface area contributed by atoms with E-state index in [2.05, 4.69) is 48.5 Å². The maximum Gasteiger partial charge on any atom is -0.0118 e. The van der Waals surface area contributed by atoms with Gasteiger partial charge in [-0.1, -0.05) is 48.5 Å². The summed E-state index contributed by atoms with van der Waals surface area (Å²) in [7, 11) is 0. The molecule has 0 heteroatoms. The minimum Gasteiger partial charge on any atom is -0.0620 e. The summed E-state index contributed by atoms with van der Waals surface area (Å²) in [6.07, 6.45) is 5.19. The van der Waals surface area contributed by atoms with Gasteiger partial charge in [0, 0.05) is 0 Å². The summed E-state index contributed by atoms with van der Waals surface area (Å²) in [6, 6.07) is 18.2. The third kappa shape index (κ3) is 1.52. The Balaban J connectivity index is 1.89. The van der Waals surface area contributed by atoms with E-state index in [0.29, 0.717) is 0 Å². The zero-order valence-corrected chi connectivity index (χ0v) is 10.6. The molecule has 2 aromatic rings. The highest BCUT2D eigenvalue weighted by atomic mass is 14.3. The lowest BCUT2D eigenvalue weighted by molar-refractivity contribution is 0.579. The van der Waals surface area contributed by atoms with Crippen molar-refractivity contribution in [3.8, 4) is 0 Å². The van der Waals surface area contributed by atoms with E-state index in [-0.39, 0.29) is 0 Å². The molecule has 90 valence electrons. The van der Waals surface area contributed by atoms with Crippen LogP contribution in [0.15, 0.2) is 48.5 Å². The Hall–Kier alpha value is -1.56. The Kier molecular flexibility index (Phi) is 2.29. The van der Waals surface area contributed by atoms with Crippen molar-refractivity contribution in [1.82, 2.24) is 0 Å². The fourth-order valence-corrected chi connectivity index (χ4v) is 3.91. The Labute approximate surface area is 109 Å². The molecule has 0 fully saturated rings. The molecule has 2 unspecified atom stereocenters. The number of rotatable bonds is 0. The molecule has 0 N–H and O–H groups in total. The van der Waals surface area contributed by atoms with Gasteiger partial charge in [0.25, 0.3) is 0 Å². The van der Waals surface area contributed by atoms with Crippen LogP contribution in [0.3, 0.4) is 0 Å². The highest BCUT2D eigenvalue weighted by molar-refractivity contribution is 5.41. The highest BCUT2D eigenvalue weighted by Crippen LogP contribution is 2.43. The Bertz CT molecular complexity index is 529. The van der Waals surface area contributed by atoms with Crippen LogP contribution in [-0.4, -0.2) is 0 Å². The van der Waals surface area contributed by atoms with Crippen LogP contribution in [0.4, 0.5) is 0 Å². The van der Waals surface area contributed by atoms with Crippen molar-refractivity contribution in [3.63, 3.8) is 0 Å². The Morgan fingerprint density at radius 2 is 1.06 bits per heavy atom. The molecule has 2 aliphatic rings. The number of hydrogen-bond donors (Lipinski definition) is 0. The fourth-order valence-electron chi connectivity index (χ4n) is 3.91. The van der Waals surface area contributed by atoms with Gasteiger partial charge in [0.2, 0.25) is 0 Å². The molecular formula is C18H18. The molecule has 2 aromatic carbocycles. The molecule has 0 saturated heterocycles. The SMILES string of the molecule is c1ccc2c(c1)CC1CCC2Cc2ccccc21. The first kappa shape index (κ1) is 10.4. The normalized spacial score (nSPS) is 24.9. The summed E-state index contributed by atoms with van der Waals surface area (Å²) in [6.45, 7) is 0. The molecule has 0 aromatic heterocycles. The maximum absolute atomic E-state index is 2.36. The number of hydrogen-bond acceptors (Lipinski definition) is 0. The zero-order valence-electron chi connectivity index (χ0n) is 10.6. The third-order valence-electron chi connectivity index (χ3n) is 4.79. The van der Waals surface area contributed by atoms with E-state index in [4.69, 9.17) is 0 Å². The smallest absolute Gasteiger partial charge is 0.0118 e. The average Bonchev–Trinajstić information content (AvgIpc) is 2.69. The van der Waals surface area contributed by atoms with E-state index in [9.17, 15) is 0 Å². The van der Waals surface area contributed by atoms with Gasteiger partial charge >= 0.3 is 0 Å². The van der Waals surface area contributed by atoms with Gasteiger partial charge in [0.05, 0.1) is 0 Å². The lowest BCUT2D eigenvalue weighted by Gasteiger charge is -2.22. The Morgan fingerprint density at radius 3 is 1.56 bits per heavy atom. The van der Waals surface area contributed by atoms with E-state index in [1.54, 1.807) is 22.3 Å². The molecule has 0 radical (unpaired) electrons. The minimum atomic E-state index is 0.745. The molecular weight excluding hydrogens is 216 g/mol. The number of benzene rings is 2. The Morgan fingerprint density at radius 1 is 0.611 bits per heavy atom. The second-order valence-corrected chi connectivity index (χ2v) is 5.78. The van der Waals surface area contributed by atoms with Gasteiger partial charge in [0.1, 0.15) is 0 Å². The summed E-state index contributed by atoms with van der Waals surface area (Å²) >= 11 is 0. The summed E-state index contributed by atoms with van der Waals surface area (Å²) in [5.41, 5.74) is 6.43. The molecule has 0 heterocycles. The van der Waals surface area contributed by atoms with Crippen molar-refractivity contribution in [2.24, 2.45) is 0 Å². The second-order valence-electron chi connectivity index (χ2n) is 5.78. The molecule has 0 nitrogen and oxygen atoms in total. The summed E-state index contributed by atoms with van der Waals surface area (Å²) in [5, 5.41) is 0. The quantitative estimate of drug-likeness (QED) is 0.632. The molecule has 2 atom stereocenters. The maximum atomic E-state index is 2.36. The van der Waals surface area contributed by atoms with Crippen molar-refractivity contribution >= 4 is 0 Å². The van der Waals surface area contributed by atoms with Crippen LogP contribution >= 0.6 is 0 Å². The van der Waals surface area contributed by atoms with Gasteiger partial charge in [0.15, 0.2) is 0 Å². The van der Waals surface area contributed by atoms with Gasteiger partial charge in [-0.3, -0.25) is 0 Å². The second kappa shape index (κ2) is 3.98. The molecule has 0 saturated carbocycles. The molecule has 0 amide bonds. The van der Waals surface area contributed by atoms with Gasteiger partial charge < -0.3 is 0 Å². The molecule has 18 heavy (non-hydrogen) atoms. The fraction of sp³-hybridized carbons (Fsp3) is 0.333. The molecule has 2 bridgehead atoms. The van der Waals surface area contributed by atoms with Gasteiger partial charge in [-0.05, 0) is 59.8 Å². The molecule has 4 rings (SSSR count). The monoisotopic (exact) mass is 234 g/mol. The van der Waals surface area contributed by atoms with Crippen LogP contribution in [-0.2, 0) is 12.8 Å². The van der Waals surface area contributed by atoms with E-state index >= 15 is 0 Å². The standard InChI is InChI=1S/C18H18/c1-3-7-17-13(5-1)11-15-9-10-16(17)12-14-6-2-4-8-18(14)15/h1-8,15-16H,9-12H2. The van der Waals surface area contributed by atoms with E-state index in [1.807, 2.05) is 0 Å². The lowest BCUT2D eigenvalue weighted by atomic mass is 9.82. The van der Waals surface area contributed by atoms with Crippen LogP contribution in [0.5, 0.6) is 0 Å². The summed E-state index contributed by atoms with van der Waals surface area (Å²) < 4.78 is 0. The van der Waals surface area contributed by atoms with Crippen LogP contribution in [0.2, 0.25) is 0 Å². The largest absolute Gasteiger partial charge is 0.0620 e. The van der Waals surface area contributed by atoms with Crippen molar-refractivity contribution < 1.29 is 0 Å². The summed E-state index contributed by atoms with van der Waals surface area (Å²) in [4.78, 5) is 0. The van der Waals surface area contributed by atoms with Gasteiger partial charge in [-0.15, -0.1) is 0 Å². The third-order valence-corrected chi connectivity index (χ3v) is 4.79. The van der Waals surface area contributed by atoms with Crippen molar-refractivity contribution in [2.75, 3.05) is 0 Å². The highest BCUT2D eigenvalue weighted by Gasteiger charge is 2.29. The molecule has 0 spiro atoms. The van der Waals surface area contributed by atoms with Gasteiger partial charge in [-0.2, -0.15) is 0 Å². The van der Waals surface area contributed by atoms with E-state index in [1.165, 1.54) is 25.7 Å². The first-order valence-corrected chi connectivity index (χ1v) is 7.07. The summed E-state index contributed by atoms with van der Waals surface area (Å²) in [5.74, 6) is 1.49. The van der Waals surface area contributed by atoms with Crippen LogP contribution < -0.4 is 0 Å². The molecule has 0 aliphatic heterocycles. The van der Waals surface area contributed by atoms with Crippen molar-refractivity contribution in [2.45, 2.75) is 37.5 Å². The predicted octanol–water partition coefficient (Wildman–Crippen LogP) is 4.45. The first-order valence-electron chi connectivity index (χ1n) is 7.07. The van der Waals surface area contributed by atoms with Crippen molar-refractivity contribution in [3.05, 3.63) is 70.8 Å². The topological polar surface area (TPSA) is 0 Å². The van der Waals surface area contributed by atoms with Gasteiger partial charge in [-0.25, -0.2) is 0 Å². The molecule has 2 aliphatic carbocycles. The zero-order chi connectivity index (χ0) is 11.9. The first-order chi connectivity index (χ1) is 8.92. The predicted molar refractivity (Wildman–Crippen MR) is 75.0 cm³/mol. The van der Waals surface area contributed by atoms with Crippen LogP contribution in [0.25, 0.3) is 0 Å². The minimum absolute atomic E-state index is 0.745.